The van der Waals surface area contributed by atoms with Crippen LogP contribution < -0.4 is 0 Å². The molecule has 0 aromatic carbocycles. The second-order valence-electron chi connectivity index (χ2n) is 4.06. The molecule has 0 aliphatic heterocycles. The van der Waals surface area contributed by atoms with E-state index >= 15 is 0 Å². The fraction of sp³-hybridized carbons (Fsp3) is 0.900. The van der Waals surface area contributed by atoms with Gasteiger partial charge in [-0.15, -0.1) is 0 Å². The summed E-state index contributed by atoms with van der Waals surface area (Å²) in [7, 11) is 0. The van der Waals surface area contributed by atoms with Crippen molar-refractivity contribution in [2.24, 2.45) is 11.3 Å². The summed E-state index contributed by atoms with van der Waals surface area (Å²) in [5.41, 5.74) is 0.193. The molecule has 0 bridgehead atoms. The molecule has 2 heteroatoms. The van der Waals surface area contributed by atoms with Crippen LogP contribution >= 0.6 is 0 Å². The van der Waals surface area contributed by atoms with Crippen molar-refractivity contribution in [1.29, 1.82) is 0 Å². The van der Waals surface area contributed by atoms with Gasteiger partial charge in [-0.25, -0.2) is 0 Å². The highest BCUT2D eigenvalue weighted by molar-refractivity contribution is 5.66. The van der Waals surface area contributed by atoms with Gasteiger partial charge in [0.1, 0.15) is 0 Å². The van der Waals surface area contributed by atoms with Gasteiger partial charge < -0.3 is 5.11 Å². The first-order chi connectivity index (χ1) is 5.42. The first-order valence-electron chi connectivity index (χ1n) is 4.64. The summed E-state index contributed by atoms with van der Waals surface area (Å²) in [5, 5.41) is 8.55. The quantitative estimate of drug-likeness (QED) is 0.692. The summed E-state index contributed by atoms with van der Waals surface area (Å²) in [4.78, 5) is 10.4. The third-order valence-corrected chi connectivity index (χ3v) is 3.11. The molecule has 72 valence electrons. The number of carbonyl (C=O) groups is 1. The van der Waals surface area contributed by atoms with Crippen LogP contribution in [0.1, 0.15) is 47.0 Å². The van der Waals surface area contributed by atoms with Crippen molar-refractivity contribution < 1.29 is 9.90 Å². The van der Waals surface area contributed by atoms with Crippen LogP contribution in [-0.4, -0.2) is 11.1 Å². The molecule has 0 fully saturated rings. The summed E-state index contributed by atoms with van der Waals surface area (Å²) in [6, 6.07) is 0. The van der Waals surface area contributed by atoms with Crippen molar-refractivity contribution in [2.45, 2.75) is 47.0 Å². The van der Waals surface area contributed by atoms with E-state index in [0.29, 0.717) is 12.3 Å². The van der Waals surface area contributed by atoms with Gasteiger partial charge in [-0.1, -0.05) is 34.1 Å². The molecule has 0 rings (SSSR count). The molecule has 12 heavy (non-hydrogen) atoms. The van der Waals surface area contributed by atoms with Gasteiger partial charge >= 0.3 is 5.97 Å². The molecule has 0 aromatic rings. The summed E-state index contributed by atoms with van der Waals surface area (Å²) in [6.07, 6.45) is 2.14. The Morgan fingerprint density at radius 1 is 1.50 bits per heavy atom. The van der Waals surface area contributed by atoms with Crippen molar-refractivity contribution in [3.8, 4) is 0 Å². The highest BCUT2D eigenvalue weighted by Gasteiger charge is 2.26. The summed E-state index contributed by atoms with van der Waals surface area (Å²) in [6.45, 7) is 8.61. The Kier molecular flexibility index (Phi) is 4.29. The smallest absolute Gasteiger partial charge is 0.303 e. The zero-order valence-corrected chi connectivity index (χ0v) is 8.55. The van der Waals surface area contributed by atoms with Crippen molar-refractivity contribution in [1.82, 2.24) is 0 Å². The Morgan fingerprint density at radius 3 is 2.25 bits per heavy atom. The maximum atomic E-state index is 10.4. The van der Waals surface area contributed by atoms with E-state index in [9.17, 15) is 4.79 Å². The maximum absolute atomic E-state index is 10.4. The number of carboxylic acids is 1. The predicted octanol–water partition coefficient (Wildman–Crippen LogP) is 2.92. The minimum absolute atomic E-state index is 0.193. The van der Waals surface area contributed by atoms with E-state index in [1.165, 1.54) is 0 Å². The Balaban J connectivity index is 4.05. The van der Waals surface area contributed by atoms with Gasteiger partial charge in [0.15, 0.2) is 0 Å². The maximum Gasteiger partial charge on any atom is 0.303 e. The molecule has 1 unspecified atom stereocenters. The summed E-state index contributed by atoms with van der Waals surface area (Å²) in [5.74, 6) is -0.128. The lowest BCUT2D eigenvalue weighted by Crippen LogP contribution is -2.23. The third kappa shape index (κ3) is 3.24. The van der Waals surface area contributed by atoms with Crippen LogP contribution in [0.3, 0.4) is 0 Å². The summed E-state index contributed by atoms with van der Waals surface area (Å²) < 4.78 is 0. The zero-order valence-electron chi connectivity index (χ0n) is 8.55. The Morgan fingerprint density at radius 2 is 2.00 bits per heavy atom. The number of carboxylic acid groups (broad SMARTS) is 1. The molecule has 1 N–H and O–H groups in total. The average Bonchev–Trinajstić information content (AvgIpc) is 1.99. The molecule has 0 saturated heterocycles. The molecule has 2 nitrogen and oxygen atoms in total. The van der Waals surface area contributed by atoms with E-state index in [2.05, 4.69) is 27.7 Å². The van der Waals surface area contributed by atoms with Gasteiger partial charge in [0.2, 0.25) is 0 Å². The topological polar surface area (TPSA) is 37.3 Å². The van der Waals surface area contributed by atoms with Crippen LogP contribution in [-0.2, 0) is 4.79 Å². The van der Waals surface area contributed by atoms with E-state index in [1.54, 1.807) is 0 Å². The van der Waals surface area contributed by atoms with Crippen molar-refractivity contribution in [3.05, 3.63) is 0 Å². The Hall–Kier alpha value is -0.530. The third-order valence-electron chi connectivity index (χ3n) is 3.11. The highest BCUT2D eigenvalue weighted by Crippen LogP contribution is 2.35. The molecule has 0 saturated carbocycles. The van der Waals surface area contributed by atoms with Crippen LogP contribution in [0.4, 0.5) is 0 Å². The molecule has 0 amide bonds. The molecular formula is C10H20O2. The predicted molar refractivity (Wildman–Crippen MR) is 50.1 cm³/mol. The molecule has 0 aliphatic carbocycles. The molecule has 0 spiro atoms. The number of hydrogen-bond donors (Lipinski definition) is 1. The molecule has 0 radical (unpaired) electrons. The largest absolute Gasteiger partial charge is 0.481 e. The minimum atomic E-state index is -0.685. The molecule has 0 aliphatic rings. The first-order valence-corrected chi connectivity index (χ1v) is 4.64. The first kappa shape index (κ1) is 11.5. The van der Waals surface area contributed by atoms with Crippen LogP contribution in [0, 0.1) is 11.3 Å². The van der Waals surface area contributed by atoms with Crippen LogP contribution in [0.25, 0.3) is 0 Å². The molecule has 1 atom stereocenters. The number of rotatable bonds is 5. The van der Waals surface area contributed by atoms with Crippen LogP contribution in [0.5, 0.6) is 0 Å². The molecule has 0 aromatic heterocycles. The lowest BCUT2D eigenvalue weighted by atomic mass is 9.73. The van der Waals surface area contributed by atoms with Crippen LogP contribution in [0.15, 0.2) is 0 Å². The average molecular weight is 172 g/mol. The van der Waals surface area contributed by atoms with Gasteiger partial charge in [0.05, 0.1) is 0 Å². The molecular weight excluding hydrogens is 152 g/mol. The van der Waals surface area contributed by atoms with Crippen molar-refractivity contribution in [2.75, 3.05) is 0 Å². The second-order valence-corrected chi connectivity index (χ2v) is 4.06. The van der Waals surface area contributed by atoms with Crippen molar-refractivity contribution >= 4 is 5.97 Å². The monoisotopic (exact) mass is 172 g/mol. The van der Waals surface area contributed by atoms with Gasteiger partial charge in [-0.3, -0.25) is 4.79 Å². The van der Waals surface area contributed by atoms with E-state index in [1.807, 2.05) is 0 Å². The minimum Gasteiger partial charge on any atom is -0.481 e. The molecule has 0 heterocycles. The van der Waals surface area contributed by atoms with Gasteiger partial charge in [0.25, 0.3) is 0 Å². The lowest BCUT2D eigenvalue weighted by Gasteiger charge is -2.32. The fourth-order valence-corrected chi connectivity index (χ4v) is 1.27. The highest BCUT2D eigenvalue weighted by atomic mass is 16.4. The Bertz CT molecular complexity index is 152. The Labute approximate surface area is 75.0 Å². The van der Waals surface area contributed by atoms with E-state index in [0.717, 1.165) is 12.8 Å². The zero-order chi connectivity index (χ0) is 9.78. The van der Waals surface area contributed by atoms with E-state index in [4.69, 9.17) is 5.11 Å². The summed E-state index contributed by atoms with van der Waals surface area (Å²) >= 11 is 0. The van der Waals surface area contributed by atoms with Gasteiger partial charge in [0, 0.05) is 6.42 Å². The van der Waals surface area contributed by atoms with Crippen molar-refractivity contribution in [3.63, 3.8) is 0 Å². The number of hydrogen-bond acceptors (Lipinski definition) is 1. The lowest BCUT2D eigenvalue weighted by molar-refractivity contribution is -0.137. The standard InChI is InChI=1S/C10H20O2/c1-5-10(4,8(2)3)7-6-9(11)12/h8H,5-7H2,1-4H3,(H,11,12). The normalized spacial score (nSPS) is 16.1. The van der Waals surface area contributed by atoms with Gasteiger partial charge in [-0.2, -0.15) is 0 Å². The van der Waals surface area contributed by atoms with Gasteiger partial charge in [-0.05, 0) is 17.8 Å². The number of aliphatic carboxylic acids is 1. The van der Waals surface area contributed by atoms with E-state index < -0.39 is 5.97 Å². The van der Waals surface area contributed by atoms with E-state index in [-0.39, 0.29) is 5.41 Å². The van der Waals surface area contributed by atoms with Crippen LogP contribution in [0.2, 0.25) is 0 Å². The second kappa shape index (κ2) is 4.48. The fourth-order valence-electron chi connectivity index (χ4n) is 1.27. The SMILES string of the molecule is CCC(C)(CCC(=O)O)C(C)C.